The molecule has 3 saturated heterocycles. The minimum atomic E-state index is -0.637. The number of fused-ring (bicyclic) bond motifs is 7. The molecule has 2 aromatic rings. The molecule has 4 aliphatic heterocycles. The summed E-state index contributed by atoms with van der Waals surface area (Å²) in [5.41, 5.74) is 10.6. The van der Waals surface area contributed by atoms with Crippen LogP contribution in [0.4, 0.5) is 0 Å². The molecule has 1 aliphatic carbocycles. The van der Waals surface area contributed by atoms with Crippen LogP contribution in [0.5, 0.6) is 0 Å². The molecule has 1 unspecified atom stereocenters. The number of rotatable bonds is 9. The van der Waals surface area contributed by atoms with Gasteiger partial charge in [-0.3, -0.25) is 14.4 Å². The summed E-state index contributed by atoms with van der Waals surface area (Å²) < 4.78 is 8.16. The summed E-state index contributed by atoms with van der Waals surface area (Å²) in [7, 11) is 1.74. The SMILES string of the molecule is CC/C(C)=C/COC(=O)CC[C@@H]1/C2=C3/c4[n-]c(c(C)c4C(=O)[C@@H]3C3O[O+]3C)/C=C3\[N-]/C(=C\c4[n-]c(c(C)c4C(C)=O)/C=C(\[N-]2)[C@H]1C)[C@H](C)[C@H]3CC.[Mg+2]. The summed E-state index contributed by atoms with van der Waals surface area (Å²) in [5.74, 6) is -1.12. The van der Waals surface area contributed by atoms with E-state index in [1.807, 2.05) is 45.1 Å². The average molecular weight is 716 g/mol. The van der Waals surface area contributed by atoms with Crippen LogP contribution in [0.2, 0.25) is 0 Å². The molecule has 52 heavy (non-hydrogen) atoms. The molecule has 6 atom stereocenters. The molecule has 0 aromatic carbocycles. The summed E-state index contributed by atoms with van der Waals surface area (Å²) in [6.07, 6.45) is 9.79. The number of nitrogens with zero attached hydrogens (tertiary/aromatic N) is 4. The van der Waals surface area contributed by atoms with Crippen LogP contribution in [0.3, 0.4) is 0 Å². The van der Waals surface area contributed by atoms with Gasteiger partial charge in [0, 0.05) is 17.5 Å². The van der Waals surface area contributed by atoms with E-state index < -0.39 is 12.2 Å². The van der Waals surface area contributed by atoms with Crippen LogP contribution in [-0.2, 0) is 18.9 Å². The van der Waals surface area contributed by atoms with Gasteiger partial charge in [0.05, 0.1) is 0 Å². The van der Waals surface area contributed by atoms with Gasteiger partial charge >= 0.3 is 35.3 Å². The van der Waals surface area contributed by atoms with Crippen molar-refractivity contribution in [3.8, 4) is 0 Å². The Kier molecular flexibility index (Phi) is 10.7. The Balaban J connectivity index is 0.00000464. The third-order valence-corrected chi connectivity index (χ3v) is 11.6. The largest absolute Gasteiger partial charge is 2.00 e. The predicted molar refractivity (Wildman–Crippen MR) is 202 cm³/mol. The van der Waals surface area contributed by atoms with Crippen molar-refractivity contribution in [1.82, 2.24) is 9.97 Å². The standard InChI is InChI=1S/C41H49N4O6.Mg/c1-10-19(3)14-15-49-33(47)13-12-26-21(5)28-16-29-22(6)34(24(8)46)32(43-29)18-27-20(4)25(11-2)31(42-27)17-30-23(7)35-39(45-30)36(38(26)44-28)37(40(35)48)41-50-51(41)9;/h14,16-18,20-21,25-26,37,41H,10-13,15H2,1-9H3,(H2-2,42,43,44,45,46,48);/q-1;+2/p-2/b19-14+,28-16-,31-17-;/t20-,21+,25-,26+,37-,41?;/m1./s1. The van der Waals surface area contributed by atoms with E-state index in [1.165, 1.54) is 5.57 Å². The Morgan fingerprint density at radius 2 is 1.56 bits per heavy atom. The number of hydrogen-bond acceptors (Lipinski definition) is 5. The van der Waals surface area contributed by atoms with E-state index in [4.69, 9.17) is 30.2 Å². The topological polar surface area (TPSA) is 132 Å². The second-order valence-electron chi connectivity index (χ2n) is 14.6. The summed E-state index contributed by atoms with van der Waals surface area (Å²) in [4.78, 5) is 56.4. The molecule has 6 heterocycles. The zero-order valence-electron chi connectivity index (χ0n) is 31.8. The summed E-state index contributed by atoms with van der Waals surface area (Å²) in [6, 6.07) is 0. The molecular weight excluding hydrogens is 669 g/mol. The number of ketones is 2. The Morgan fingerprint density at radius 1 is 0.923 bits per heavy atom. The minimum Gasteiger partial charge on any atom is -0.664 e. The molecule has 3 fully saturated rings. The van der Waals surface area contributed by atoms with Crippen molar-refractivity contribution in [3.63, 3.8) is 0 Å². The number of ether oxygens (including phenoxy) is 1. The monoisotopic (exact) mass is 715 g/mol. The fourth-order valence-corrected chi connectivity index (χ4v) is 8.26. The molecule has 0 radical (unpaired) electrons. The van der Waals surface area contributed by atoms with Crippen molar-refractivity contribution in [2.75, 3.05) is 13.7 Å². The zero-order valence-corrected chi connectivity index (χ0v) is 33.2. The molecule has 8 bridgehead atoms. The quantitative estimate of drug-likeness (QED) is 0.0487. The van der Waals surface area contributed by atoms with Gasteiger partial charge in [0.2, 0.25) is 0 Å². The summed E-state index contributed by atoms with van der Waals surface area (Å²) >= 11 is 0. The third kappa shape index (κ3) is 6.48. The van der Waals surface area contributed by atoms with Crippen LogP contribution < -0.4 is 9.97 Å². The average Bonchev–Trinajstić information content (AvgIpc) is 3.33. The second-order valence-corrected chi connectivity index (χ2v) is 14.6. The third-order valence-electron chi connectivity index (χ3n) is 11.6. The molecule has 2 aromatic heterocycles. The van der Waals surface area contributed by atoms with Gasteiger partial charge in [-0.2, -0.15) is 22.8 Å². The number of carbonyl (C=O) groups is 3. The maximum Gasteiger partial charge on any atom is 2.00 e. The fourth-order valence-electron chi connectivity index (χ4n) is 8.26. The molecule has 11 heteroatoms. The molecule has 0 saturated carbocycles. The molecule has 5 aliphatic rings. The van der Waals surface area contributed by atoms with Crippen LogP contribution in [0, 0.1) is 43.4 Å². The Hall–Kier alpha value is -3.64. The molecule has 0 N–H and O–H groups in total. The molecule has 0 amide bonds. The predicted octanol–water partition coefficient (Wildman–Crippen LogP) is 8.12. The molecule has 270 valence electrons. The van der Waals surface area contributed by atoms with E-state index in [0.717, 1.165) is 52.3 Å². The molecule has 0 spiro atoms. The first-order chi connectivity index (χ1) is 24.3. The van der Waals surface area contributed by atoms with Crippen molar-refractivity contribution < 1.29 is 28.5 Å². The van der Waals surface area contributed by atoms with E-state index in [-0.39, 0.29) is 77.3 Å². The Labute approximate surface area is 322 Å². The van der Waals surface area contributed by atoms with Crippen LogP contribution in [-0.4, -0.2) is 60.6 Å². The molecule has 7 rings (SSSR count). The van der Waals surface area contributed by atoms with Gasteiger partial charge in [-0.25, -0.2) is 4.52 Å². The first-order valence-electron chi connectivity index (χ1n) is 18.2. The van der Waals surface area contributed by atoms with Crippen molar-refractivity contribution >= 4 is 64.4 Å². The van der Waals surface area contributed by atoms with Gasteiger partial charge in [-0.1, -0.05) is 74.6 Å². The Morgan fingerprint density at radius 3 is 2.21 bits per heavy atom. The normalized spacial score (nSPS) is 30.8. The zero-order chi connectivity index (χ0) is 36.5. The van der Waals surface area contributed by atoms with Gasteiger partial charge < -0.3 is 25.3 Å². The van der Waals surface area contributed by atoms with Crippen LogP contribution in [0.15, 0.2) is 34.4 Å². The fraction of sp³-hybridized carbons (Fsp3) is 0.488. The Bertz CT molecular complexity index is 1990. The van der Waals surface area contributed by atoms with Crippen LogP contribution in [0.25, 0.3) is 34.4 Å². The smallest absolute Gasteiger partial charge is 0.664 e. The second kappa shape index (κ2) is 14.6. The number of esters is 1. The number of aromatic nitrogens is 2. The van der Waals surface area contributed by atoms with Gasteiger partial charge in [0.15, 0.2) is 24.6 Å². The van der Waals surface area contributed by atoms with E-state index in [2.05, 4.69) is 32.2 Å². The number of hydrogen-bond donors (Lipinski definition) is 0. The number of carbonyl (C=O) groups excluding carboxylic acids is 3. The van der Waals surface area contributed by atoms with E-state index in [0.29, 0.717) is 40.3 Å². The maximum absolute atomic E-state index is 14.4. The van der Waals surface area contributed by atoms with E-state index in [9.17, 15) is 14.4 Å². The minimum absolute atomic E-state index is 0. The molecule has 10 nitrogen and oxygen atoms in total. The van der Waals surface area contributed by atoms with Crippen LogP contribution in [0.1, 0.15) is 122 Å². The van der Waals surface area contributed by atoms with Crippen LogP contribution >= 0.6 is 0 Å². The van der Waals surface area contributed by atoms with Crippen molar-refractivity contribution in [1.29, 1.82) is 0 Å². The van der Waals surface area contributed by atoms with Crippen molar-refractivity contribution in [2.45, 2.75) is 87.4 Å². The van der Waals surface area contributed by atoms with Crippen molar-refractivity contribution in [3.05, 3.63) is 90.1 Å². The van der Waals surface area contributed by atoms with Crippen molar-refractivity contribution in [2.24, 2.45) is 29.6 Å². The van der Waals surface area contributed by atoms with Gasteiger partial charge in [-0.15, -0.1) is 22.8 Å². The van der Waals surface area contributed by atoms with E-state index >= 15 is 0 Å². The molecular formula is C41H47MgN4O6-. The number of Topliss-reactive ketones (excluding diaryl/α,β-unsaturated/α-hetero) is 2. The first-order valence-corrected chi connectivity index (χ1v) is 18.2. The van der Waals surface area contributed by atoms with Gasteiger partial charge in [0.25, 0.3) is 0 Å². The summed E-state index contributed by atoms with van der Waals surface area (Å²) in [6.45, 7) is 16.2. The number of allylic oxidation sites excluding steroid dienone is 5. The maximum atomic E-state index is 14.4. The van der Waals surface area contributed by atoms with E-state index in [1.54, 1.807) is 14.0 Å². The summed E-state index contributed by atoms with van der Waals surface area (Å²) in [5, 5.41) is 10.4. The first kappa shape index (κ1) is 38.1. The van der Waals surface area contributed by atoms with Gasteiger partial charge in [-0.05, 0) is 75.2 Å². The van der Waals surface area contributed by atoms with Gasteiger partial charge in [0.1, 0.15) is 6.61 Å².